The van der Waals surface area contributed by atoms with E-state index in [0.717, 1.165) is 16.8 Å². The van der Waals surface area contributed by atoms with Crippen molar-refractivity contribution in [3.8, 4) is 17.0 Å². The van der Waals surface area contributed by atoms with Gasteiger partial charge in [-0.15, -0.1) is 11.3 Å². The number of anilines is 1. The summed E-state index contributed by atoms with van der Waals surface area (Å²) >= 11 is 1.47. The molecule has 4 aromatic rings. The number of carbonyl (C=O) groups excluding carboxylic acids is 1. The number of rotatable bonds is 6. The lowest BCUT2D eigenvalue weighted by Gasteiger charge is -2.03. The molecule has 0 aliphatic heterocycles. The van der Waals surface area contributed by atoms with Gasteiger partial charge in [-0.1, -0.05) is 42.5 Å². The third kappa shape index (κ3) is 4.33. The van der Waals surface area contributed by atoms with Crippen molar-refractivity contribution >= 4 is 28.7 Å². The molecule has 0 saturated heterocycles. The lowest BCUT2D eigenvalue weighted by atomic mass is 10.2. The van der Waals surface area contributed by atoms with Crippen LogP contribution < -0.4 is 10.2 Å². The fraction of sp³-hybridized carbons (Fsp3) is 0. The first-order valence-electron chi connectivity index (χ1n) is 8.44. The Hall–Kier alpha value is -3.71. The molecule has 0 fully saturated rings. The number of ether oxygens (including phenoxy) is 1. The Morgan fingerprint density at radius 3 is 2.82 bits per heavy atom. The van der Waals surface area contributed by atoms with Crippen molar-refractivity contribution in [3.05, 3.63) is 89.7 Å². The van der Waals surface area contributed by atoms with E-state index in [-0.39, 0.29) is 5.76 Å². The summed E-state index contributed by atoms with van der Waals surface area (Å²) in [7, 11) is 0. The van der Waals surface area contributed by atoms with Gasteiger partial charge in [-0.05, 0) is 29.8 Å². The topological polar surface area (TPSA) is 76.7 Å². The molecule has 2 aromatic heterocycles. The average molecular weight is 389 g/mol. The molecule has 0 radical (unpaired) electrons. The van der Waals surface area contributed by atoms with E-state index in [0.29, 0.717) is 10.9 Å². The van der Waals surface area contributed by atoms with Gasteiger partial charge in [0.15, 0.2) is 0 Å². The van der Waals surface area contributed by atoms with Gasteiger partial charge in [0.05, 0.1) is 18.2 Å². The standard InChI is InChI=1S/C21H15N3O3S/c25-20(19-10-5-11-26-19)27-17-9-4-6-15(12-17)13-22-24-21-23-18(14-28-21)16-7-2-1-3-8-16/h1-14H,(H,23,24). The Morgan fingerprint density at radius 2 is 2.00 bits per heavy atom. The predicted octanol–water partition coefficient (Wildman–Crippen LogP) is 5.07. The Balaban J connectivity index is 1.39. The average Bonchev–Trinajstić information content (AvgIpc) is 3.41. The van der Waals surface area contributed by atoms with E-state index in [1.807, 2.05) is 41.8 Å². The summed E-state index contributed by atoms with van der Waals surface area (Å²) in [5.74, 6) is 0.0122. The molecule has 7 heteroatoms. The molecule has 2 heterocycles. The molecule has 6 nitrogen and oxygen atoms in total. The van der Waals surface area contributed by atoms with Gasteiger partial charge in [-0.25, -0.2) is 9.78 Å². The second kappa shape index (κ2) is 8.32. The molecule has 1 N–H and O–H groups in total. The van der Waals surface area contributed by atoms with Crippen LogP contribution in [-0.4, -0.2) is 17.2 Å². The van der Waals surface area contributed by atoms with Crippen molar-refractivity contribution in [2.75, 3.05) is 5.43 Å². The number of nitrogens with one attached hydrogen (secondary N) is 1. The maximum Gasteiger partial charge on any atom is 0.379 e. The van der Waals surface area contributed by atoms with Crippen molar-refractivity contribution in [1.82, 2.24) is 4.98 Å². The van der Waals surface area contributed by atoms with E-state index < -0.39 is 5.97 Å². The van der Waals surface area contributed by atoms with Crippen molar-refractivity contribution in [2.45, 2.75) is 0 Å². The van der Waals surface area contributed by atoms with Gasteiger partial charge in [0.2, 0.25) is 10.9 Å². The summed E-state index contributed by atoms with van der Waals surface area (Å²) in [6.07, 6.45) is 3.06. The monoisotopic (exact) mass is 389 g/mol. The fourth-order valence-corrected chi connectivity index (χ4v) is 3.11. The minimum Gasteiger partial charge on any atom is -0.457 e. The van der Waals surface area contributed by atoms with Crippen LogP contribution in [0.25, 0.3) is 11.3 Å². The lowest BCUT2D eigenvalue weighted by molar-refractivity contribution is 0.0701. The van der Waals surface area contributed by atoms with E-state index in [1.54, 1.807) is 36.5 Å². The highest BCUT2D eigenvalue weighted by atomic mass is 32.1. The molecule has 0 bridgehead atoms. The number of hydrazone groups is 1. The van der Waals surface area contributed by atoms with Crippen LogP contribution in [0.15, 0.2) is 87.9 Å². The summed E-state index contributed by atoms with van der Waals surface area (Å²) in [6.45, 7) is 0. The van der Waals surface area contributed by atoms with Crippen molar-refractivity contribution in [3.63, 3.8) is 0 Å². The Labute approximate surface area is 165 Å². The molecular formula is C21H15N3O3S. The number of hydrogen-bond donors (Lipinski definition) is 1. The predicted molar refractivity (Wildman–Crippen MR) is 109 cm³/mol. The molecule has 4 rings (SSSR count). The second-order valence-corrected chi connectivity index (χ2v) is 6.57. The number of thiazole rings is 1. The van der Waals surface area contributed by atoms with Crippen LogP contribution in [0.5, 0.6) is 5.75 Å². The van der Waals surface area contributed by atoms with E-state index in [9.17, 15) is 4.79 Å². The van der Waals surface area contributed by atoms with Crippen molar-refractivity contribution in [1.29, 1.82) is 0 Å². The Morgan fingerprint density at radius 1 is 1.11 bits per heavy atom. The van der Waals surface area contributed by atoms with Crippen molar-refractivity contribution in [2.24, 2.45) is 5.10 Å². The van der Waals surface area contributed by atoms with Gasteiger partial charge in [0, 0.05) is 10.9 Å². The molecule has 0 atom stereocenters. The van der Waals surface area contributed by atoms with Gasteiger partial charge < -0.3 is 9.15 Å². The van der Waals surface area contributed by atoms with Crippen LogP contribution >= 0.6 is 11.3 Å². The lowest BCUT2D eigenvalue weighted by Crippen LogP contribution is -2.07. The minimum absolute atomic E-state index is 0.152. The first-order valence-corrected chi connectivity index (χ1v) is 9.32. The van der Waals surface area contributed by atoms with E-state index in [4.69, 9.17) is 9.15 Å². The molecule has 2 aromatic carbocycles. The molecule has 28 heavy (non-hydrogen) atoms. The van der Waals surface area contributed by atoms with Gasteiger partial charge in [0.1, 0.15) is 5.75 Å². The molecule has 0 unspecified atom stereocenters. The fourth-order valence-electron chi connectivity index (χ4n) is 2.44. The van der Waals surface area contributed by atoms with Gasteiger partial charge >= 0.3 is 5.97 Å². The number of aromatic nitrogens is 1. The maximum atomic E-state index is 11.9. The normalized spacial score (nSPS) is 10.9. The summed E-state index contributed by atoms with van der Waals surface area (Å²) in [5.41, 5.74) is 5.65. The van der Waals surface area contributed by atoms with E-state index >= 15 is 0 Å². The zero-order valence-electron chi connectivity index (χ0n) is 14.6. The Kier molecular flexibility index (Phi) is 5.26. The van der Waals surface area contributed by atoms with Crippen LogP contribution in [0.2, 0.25) is 0 Å². The van der Waals surface area contributed by atoms with E-state index in [1.165, 1.54) is 17.6 Å². The van der Waals surface area contributed by atoms with Crippen molar-refractivity contribution < 1.29 is 13.9 Å². The first kappa shape index (κ1) is 17.7. The van der Waals surface area contributed by atoms with Gasteiger partial charge in [-0.2, -0.15) is 5.10 Å². The number of furan rings is 1. The summed E-state index contributed by atoms with van der Waals surface area (Å²) in [5, 5.41) is 6.87. The molecule has 0 amide bonds. The number of carbonyl (C=O) groups is 1. The maximum absolute atomic E-state index is 11.9. The van der Waals surface area contributed by atoms with Crippen LogP contribution in [0.1, 0.15) is 16.1 Å². The third-order valence-electron chi connectivity index (χ3n) is 3.74. The Bertz CT molecular complexity index is 1090. The quantitative estimate of drug-likeness (QED) is 0.216. The van der Waals surface area contributed by atoms with Crippen LogP contribution in [0.3, 0.4) is 0 Å². The molecular weight excluding hydrogens is 374 g/mol. The largest absolute Gasteiger partial charge is 0.457 e. The summed E-state index contributed by atoms with van der Waals surface area (Å²) < 4.78 is 10.3. The zero-order valence-corrected chi connectivity index (χ0v) is 15.4. The summed E-state index contributed by atoms with van der Waals surface area (Å²) in [6, 6.07) is 20.2. The van der Waals surface area contributed by atoms with Crippen LogP contribution in [-0.2, 0) is 0 Å². The first-order chi connectivity index (χ1) is 13.8. The highest BCUT2D eigenvalue weighted by Crippen LogP contribution is 2.24. The highest BCUT2D eigenvalue weighted by Gasteiger charge is 2.11. The smallest absolute Gasteiger partial charge is 0.379 e. The van der Waals surface area contributed by atoms with Crippen LogP contribution in [0, 0.1) is 0 Å². The highest BCUT2D eigenvalue weighted by molar-refractivity contribution is 7.14. The van der Waals surface area contributed by atoms with Gasteiger partial charge in [0.25, 0.3) is 0 Å². The second-order valence-electron chi connectivity index (χ2n) is 5.71. The number of benzene rings is 2. The number of esters is 1. The van der Waals surface area contributed by atoms with Gasteiger partial charge in [-0.3, -0.25) is 5.43 Å². The third-order valence-corrected chi connectivity index (χ3v) is 4.49. The number of nitrogens with zero attached hydrogens (tertiary/aromatic N) is 2. The molecule has 0 saturated carbocycles. The zero-order chi connectivity index (χ0) is 19.2. The molecule has 0 aliphatic carbocycles. The number of hydrogen-bond acceptors (Lipinski definition) is 7. The minimum atomic E-state index is -0.548. The SMILES string of the molecule is O=C(Oc1cccc(C=NNc2nc(-c3ccccc3)cs2)c1)c1ccco1. The van der Waals surface area contributed by atoms with Crippen LogP contribution in [0.4, 0.5) is 5.13 Å². The summed E-state index contributed by atoms with van der Waals surface area (Å²) in [4.78, 5) is 16.4. The molecule has 138 valence electrons. The molecule has 0 spiro atoms. The molecule has 0 aliphatic rings. The van der Waals surface area contributed by atoms with E-state index in [2.05, 4.69) is 15.5 Å².